The van der Waals surface area contributed by atoms with E-state index in [1.807, 2.05) is 11.1 Å². The molecule has 0 bridgehead atoms. The summed E-state index contributed by atoms with van der Waals surface area (Å²) in [4.78, 5) is 53.7. The van der Waals surface area contributed by atoms with E-state index in [-0.39, 0.29) is 40.2 Å². The first kappa shape index (κ1) is 23.2. The van der Waals surface area contributed by atoms with Crippen molar-refractivity contribution in [2.24, 2.45) is 10.2 Å². The van der Waals surface area contributed by atoms with E-state index in [9.17, 15) is 34.7 Å². The topological polar surface area (TPSA) is 263 Å². The Labute approximate surface area is 197 Å². The second-order valence-electron chi connectivity index (χ2n) is 7.00. The summed E-state index contributed by atoms with van der Waals surface area (Å²) in [6.07, 6.45) is 1.16. The van der Waals surface area contributed by atoms with Crippen LogP contribution in [0.2, 0.25) is 0 Å². The molecule has 17 nitrogen and oxygen atoms in total. The summed E-state index contributed by atoms with van der Waals surface area (Å²) in [5.74, 6) is -3.45. The summed E-state index contributed by atoms with van der Waals surface area (Å²) in [5.41, 5.74) is 3.65. The molecule has 0 aliphatic carbocycles. The van der Waals surface area contributed by atoms with Crippen molar-refractivity contribution in [1.82, 2.24) is 34.5 Å². The molecule has 0 spiro atoms. The zero-order valence-corrected chi connectivity index (χ0v) is 18.0. The van der Waals surface area contributed by atoms with Gasteiger partial charge in [0, 0.05) is 0 Å². The van der Waals surface area contributed by atoms with Gasteiger partial charge in [0.25, 0.3) is 0 Å². The Morgan fingerprint density at radius 2 is 1.83 bits per heavy atom. The van der Waals surface area contributed by atoms with Gasteiger partial charge in [-0.1, -0.05) is 0 Å². The third-order valence-corrected chi connectivity index (χ3v) is 4.73. The molecular weight excluding hydrogens is 478 g/mol. The monoisotopic (exact) mass is 491 g/mol. The number of rotatable bonds is 6. The van der Waals surface area contributed by atoms with Gasteiger partial charge in [-0.2, -0.15) is 25.1 Å². The first-order valence-corrected chi connectivity index (χ1v) is 9.67. The van der Waals surface area contributed by atoms with E-state index >= 15 is 0 Å². The average molecular weight is 491 g/mol. The van der Waals surface area contributed by atoms with Crippen molar-refractivity contribution in [3.63, 3.8) is 0 Å². The highest BCUT2D eigenvalue weighted by Crippen LogP contribution is 2.31. The Bertz CT molecular complexity index is 1710. The van der Waals surface area contributed by atoms with E-state index < -0.39 is 34.4 Å². The number of azo groups is 1. The van der Waals surface area contributed by atoms with Crippen LogP contribution < -0.4 is 17.1 Å². The maximum absolute atomic E-state index is 11.6. The van der Waals surface area contributed by atoms with E-state index in [1.54, 1.807) is 0 Å². The van der Waals surface area contributed by atoms with Crippen LogP contribution in [0.5, 0.6) is 0 Å². The van der Waals surface area contributed by atoms with Crippen molar-refractivity contribution >= 4 is 29.3 Å². The molecule has 4 rings (SSSR count). The number of aromatic amines is 2. The van der Waals surface area contributed by atoms with Gasteiger partial charge >= 0.3 is 23.3 Å². The molecule has 0 aliphatic heterocycles. The van der Waals surface area contributed by atoms with Crippen LogP contribution in [0.1, 0.15) is 32.0 Å². The van der Waals surface area contributed by atoms with Crippen molar-refractivity contribution in [1.29, 1.82) is 5.26 Å². The lowest BCUT2D eigenvalue weighted by Gasteiger charge is -2.07. The van der Waals surface area contributed by atoms with Crippen LogP contribution in [0.3, 0.4) is 0 Å². The lowest BCUT2D eigenvalue weighted by molar-refractivity contribution is 0.0651. The van der Waals surface area contributed by atoms with Crippen LogP contribution in [-0.2, 0) is 0 Å². The number of carboxylic acid groups (broad SMARTS) is 2. The number of nitrogens with two attached hydrogens (primary N) is 1. The van der Waals surface area contributed by atoms with Gasteiger partial charge < -0.3 is 15.9 Å². The normalized spacial score (nSPS) is 11.0. The Balaban J connectivity index is 1.81. The maximum atomic E-state index is 11.6. The second kappa shape index (κ2) is 8.79. The molecule has 0 saturated carbocycles. The third kappa shape index (κ3) is 4.08. The van der Waals surface area contributed by atoms with Gasteiger partial charge in [0.2, 0.25) is 5.95 Å². The van der Waals surface area contributed by atoms with Gasteiger partial charge in [0.1, 0.15) is 11.6 Å². The summed E-state index contributed by atoms with van der Waals surface area (Å²) in [7, 11) is 0. The van der Waals surface area contributed by atoms with Crippen molar-refractivity contribution < 1.29 is 19.8 Å². The largest absolute Gasteiger partial charge is 0.478 e. The highest BCUT2D eigenvalue weighted by Gasteiger charge is 2.20. The lowest BCUT2D eigenvalue weighted by Crippen LogP contribution is -2.28. The zero-order chi connectivity index (χ0) is 26.1. The first-order chi connectivity index (χ1) is 17.1. The molecule has 0 radical (unpaired) electrons. The molecule has 0 fully saturated rings. The minimum Gasteiger partial charge on any atom is -0.478 e. The summed E-state index contributed by atoms with van der Waals surface area (Å²) < 4.78 is 2.05. The van der Waals surface area contributed by atoms with Crippen LogP contribution in [0.4, 0.5) is 17.3 Å². The fourth-order valence-electron chi connectivity index (χ4n) is 3.14. The molecule has 0 aliphatic rings. The molecule has 6 N–H and O–H groups in total. The predicted molar refractivity (Wildman–Crippen MR) is 118 cm³/mol. The minimum absolute atomic E-state index is 0.0158. The number of nitrogen functional groups attached to an aromatic ring is 1. The molecule has 1 aromatic carbocycles. The van der Waals surface area contributed by atoms with Gasteiger partial charge in [-0.3, -0.25) is 9.97 Å². The molecule has 0 amide bonds. The molecule has 3 aromatic heterocycles. The number of aromatic nitrogens is 7. The number of aromatic carboxylic acids is 2. The van der Waals surface area contributed by atoms with E-state index in [0.29, 0.717) is 0 Å². The van der Waals surface area contributed by atoms with Gasteiger partial charge in [0.15, 0.2) is 17.3 Å². The third-order valence-electron chi connectivity index (χ3n) is 4.73. The van der Waals surface area contributed by atoms with Crippen molar-refractivity contribution in [3.05, 3.63) is 67.7 Å². The van der Waals surface area contributed by atoms with Gasteiger partial charge in [-0.15, -0.1) is 10.2 Å². The SMILES string of the molecule is Cc1nn(-c2nc(=O)[nH]c(=O)[nH]2)c(N)c1N=Nc1c(C#N)cnn1-c1ccc(C(=O)O)c(C(=O)O)c1. The summed E-state index contributed by atoms with van der Waals surface area (Å²) >= 11 is 0. The Hall–Kier alpha value is -5.92. The molecule has 4 aromatic rings. The second-order valence-corrected chi connectivity index (χ2v) is 7.00. The molecule has 36 heavy (non-hydrogen) atoms. The van der Waals surface area contributed by atoms with E-state index in [4.69, 9.17) is 5.73 Å². The highest BCUT2D eigenvalue weighted by molar-refractivity contribution is 6.02. The number of H-pyrrole nitrogens is 2. The number of nitriles is 1. The van der Waals surface area contributed by atoms with Crippen LogP contribution in [-0.4, -0.2) is 56.7 Å². The maximum Gasteiger partial charge on any atom is 0.352 e. The number of anilines is 1. The molecule has 3 heterocycles. The molecule has 0 unspecified atom stereocenters. The quantitative estimate of drug-likeness (QED) is 0.230. The lowest BCUT2D eigenvalue weighted by atomic mass is 10.1. The fourth-order valence-corrected chi connectivity index (χ4v) is 3.14. The summed E-state index contributed by atoms with van der Waals surface area (Å²) in [6.45, 7) is 1.51. The minimum atomic E-state index is -1.48. The highest BCUT2D eigenvalue weighted by atomic mass is 16.4. The smallest absolute Gasteiger partial charge is 0.352 e. The summed E-state index contributed by atoms with van der Waals surface area (Å²) in [6, 6.07) is 5.30. The predicted octanol–water partition coefficient (Wildman–Crippen LogP) is 0.404. The molecule has 0 atom stereocenters. The van der Waals surface area contributed by atoms with Crippen molar-refractivity contribution in [3.8, 4) is 17.7 Å². The number of carbonyl (C=O) groups is 2. The van der Waals surface area contributed by atoms with Crippen LogP contribution >= 0.6 is 0 Å². The summed E-state index contributed by atoms with van der Waals surface area (Å²) in [5, 5.41) is 44.2. The van der Waals surface area contributed by atoms with Crippen LogP contribution in [0.25, 0.3) is 11.6 Å². The van der Waals surface area contributed by atoms with Gasteiger partial charge in [0.05, 0.1) is 28.7 Å². The fraction of sp³-hybridized carbons (Fsp3) is 0.0526. The number of hydrogen-bond donors (Lipinski definition) is 5. The van der Waals surface area contributed by atoms with E-state index in [2.05, 4.69) is 30.4 Å². The molecule has 17 heteroatoms. The van der Waals surface area contributed by atoms with Gasteiger partial charge in [-0.25, -0.2) is 23.9 Å². The number of nitrogens with one attached hydrogen (secondary N) is 2. The zero-order valence-electron chi connectivity index (χ0n) is 18.0. The molecule has 180 valence electrons. The Kier molecular flexibility index (Phi) is 5.67. The Morgan fingerprint density at radius 1 is 1.11 bits per heavy atom. The Morgan fingerprint density at radius 3 is 2.47 bits per heavy atom. The molecule has 0 saturated heterocycles. The van der Waals surface area contributed by atoms with Crippen molar-refractivity contribution in [2.75, 3.05) is 5.73 Å². The van der Waals surface area contributed by atoms with Crippen molar-refractivity contribution in [2.45, 2.75) is 6.92 Å². The van der Waals surface area contributed by atoms with Gasteiger partial charge in [-0.05, 0) is 25.1 Å². The number of benzene rings is 1. The average Bonchev–Trinajstić information content (AvgIpc) is 3.36. The number of aryl methyl sites for hydroxylation is 1. The number of nitrogens with zero attached hydrogens (tertiary/aromatic N) is 8. The van der Waals surface area contributed by atoms with Crippen LogP contribution in [0, 0.1) is 18.3 Å². The molecular formula is C19H13N11O6. The number of hydrogen-bond acceptors (Lipinski definition) is 11. The standard InChI is InChI=1S/C19H13N11O6/c1-7-12(13(21)30(28-7)17-23-18(35)25-19(36)24-17)26-27-14-8(5-20)6-22-29(14)9-2-3-10(15(31)32)11(4-9)16(33)34/h2-4,6H,21H2,1H3,(H,31,32)(H,33,34)(H2,23,24,25,35,36). The number of carboxylic acids is 2. The van der Waals surface area contributed by atoms with Crippen LogP contribution in [0.15, 0.2) is 44.2 Å². The first-order valence-electron chi connectivity index (χ1n) is 9.67. The van der Waals surface area contributed by atoms with E-state index in [0.717, 1.165) is 27.7 Å². The van der Waals surface area contributed by atoms with E-state index in [1.165, 1.54) is 13.0 Å².